The van der Waals surface area contributed by atoms with Gasteiger partial charge in [-0.25, -0.2) is 0 Å². The number of alkyl halides is 3. The van der Waals surface area contributed by atoms with Crippen LogP contribution in [0, 0.1) is 0 Å². The minimum absolute atomic E-state index is 0.0291. The lowest BCUT2D eigenvalue weighted by atomic mass is 10.2. The fourth-order valence-corrected chi connectivity index (χ4v) is 1.06. The molecule has 2 nitrogen and oxygen atoms in total. The first-order chi connectivity index (χ1) is 8.58. The molecule has 0 heterocycles. The van der Waals surface area contributed by atoms with Crippen LogP contribution in [-0.2, 0) is 16.1 Å². The molecule has 0 unspecified atom stereocenters. The van der Waals surface area contributed by atoms with Gasteiger partial charge in [-0.15, -0.1) is 0 Å². The SMILES string of the molecule is FC(F)(F)/C=C/OC/C=C/OCc1ccccc1. The monoisotopic (exact) mass is 258 g/mol. The molecule has 0 aromatic heterocycles. The molecule has 0 saturated carbocycles. The van der Waals surface area contributed by atoms with Gasteiger partial charge in [0.25, 0.3) is 0 Å². The van der Waals surface area contributed by atoms with Crippen molar-refractivity contribution in [1.29, 1.82) is 0 Å². The van der Waals surface area contributed by atoms with Gasteiger partial charge in [-0.2, -0.15) is 13.2 Å². The fourth-order valence-electron chi connectivity index (χ4n) is 1.06. The van der Waals surface area contributed by atoms with Gasteiger partial charge < -0.3 is 9.47 Å². The van der Waals surface area contributed by atoms with Crippen LogP contribution in [0.25, 0.3) is 0 Å². The summed E-state index contributed by atoms with van der Waals surface area (Å²) in [5, 5.41) is 0. The van der Waals surface area contributed by atoms with Crippen molar-refractivity contribution in [3.63, 3.8) is 0 Å². The molecule has 0 atom stereocenters. The highest BCUT2D eigenvalue weighted by molar-refractivity contribution is 5.13. The third kappa shape index (κ3) is 7.38. The first-order valence-corrected chi connectivity index (χ1v) is 5.24. The third-order valence-electron chi connectivity index (χ3n) is 1.83. The lowest BCUT2D eigenvalue weighted by molar-refractivity contribution is -0.0815. The minimum Gasteiger partial charge on any atom is -0.497 e. The van der Waals surface area contributed by atoms with E-state index in [1.54, 1.807) is 0 Å². The Morgan fingerprint density at radius 1 is 1.00 bits per heavy atom. The Balaban J connectivity index is 2.10. The summed E-state index contributed by atoms with van der Waals surface area (Å²) in [6.45, 7) is 0.442. The van der Waals surface area contributed by atoms with Crippen molar-refractivity contribution in [3.05, 3.63) is 60.6 Å². The lowest BCUT2D eigenvalue weighted by Gasteiger charge is -2.00. The minimum atomic E-state index is -4.34. The molecule has 0 saturated heterocycles. The Labute approximate surface area is 103 Å². The predicted octanol–water partition coefficient (Wildman–Crippen LogP) is 3.81. The highest BCUT2D eigenvalue weighted by Gasteiger charge is 2.22. The van der Waals surface area contributed by atoms with Crippen LogP contribution in [0.2, 0.25) is 0 Å². The first-order valence-electron chi connectivity index (χ1n) is 5.24. The number of hydrogen-bond acceptors (Lipinski definition) is 2. The second-order valence-electron chi connectivity index (χ2n) is 3.35. The number of halogens is 3. The van der Waals surface area contributed by atoms with Crippen molar-refractivity contribution in [2.24, 2.45) is 0 Å². The van der Waals surface area contributed by atoms with Crippen LogP contribution < -0.4 is 0 Å². The zero-order valence-electron chi connectivity index (χ0n) is 9.56. The van der Waals surface area contributed by atoms with Crippen LogP contribution in [0.15, 0.2) is 55.0 Å². The summed E-state index contributed by atoms with van der Waals surface area (Å²) in [6, 6.07) is 9.52. The average Bonchev–Trinajstić information content (AvgIpc) is 2.32. The number of hydrogen-bond donors (Lipinski definition) is 0. The summed E-state index contributed by atoms with van der Waals surface area (Å²) < 4.78 is 44.7. The molecule has 1 aromatic rings. The van der Waals surface area contributed by atoms with Crippen LogP contribution in [0.5, 0.6) is 0 Å². The smallest absolute Gasteiger partial charge is 0.412 e. The van der Waals surface area contributed by atoms with E-state index < -0.39 is 6.18 Å². The number of rotatable bonds is 6. The van der Waals surface area contributed by atoms with E-state index >= 15 is 0 Å². The molecule has 0 amide bonds. The second-order valence-corrected chi connectivity index (χ2v) is 3.35. The average molecular weight is 258 g/mol. The predicted molar refractivity (Wildman–Crippen MR) is 61.5 cm³/mol. The molecule has 0 bridgehead atoms. The highest BCUT2D eigenvalue weighted by atomic mass is 19.4. The van der Waals surface area contributed by atoms with E-state index in [4.69, 9.17) is 4.74 Å². The van der Waals surface area contributed by atoms with Crippen LogP contribution in [0.4, 0.5) is 13.2 Å². The highest BCUT2D eigenvalue weighted by Crippen LogP contribution is 2.15. The molecular weight excluding hydrogens is 245 g/mol. The maximum absolute atomic E-state index is 11.7. The van der Waals surface area contributed by atoms with E-state index in [0.717, 1.165) is 5.56 Å². The fraction of sp³-hybridized carbons (Fsp3) is 0.231. The van der Waals surface area contributed by atoms with E-state index in [0.29, 0.717) is 12.9 Å². The Morgan fingerprint density at radius 2 is 1.72 bits per heavy atom. The van der Waals surface area contributed by atoms with Crippen molar-refractivity contribution < 1.29 is 22.6 Å². The van der Waals surface area contributed by atoms with Gasteiger partial charge in [0.05, 0.1) is 18.6 Å². The molecule has 0 aliphatic rings. The van der Waals surface area contributed by atoms with Crippen molar-refractivity contribution in [2.75, 3.05) is 6.61 Å². The topological polar surface area (TPSA) is 18.5 Å². The normalized spacial score (nSPS) is 12.2. The molecule has 1 aromatic carbocycles. The van der Waals surface area contributed by atoms with Gasteiger partial charge in [-0.3, -0.25) is 0 Å². The molecular formula is C13H13F3O2. The van der Waals surface area contributed by atoms with Crippen molar-refractivity contribution in [2.45, 2.75) is 12.8 Å². The maximum Gasteiger partial charge on any atom is 0.412 e. The van der Waals surface area contributed by atoms with Gasteiger partial charge in [-0.1, -0.05) is 30.3 Å². The number of benzene rings is 1. The zero-order chi connectivity index (χ0) is 13.3. The van der Waals surface area contributed by atoms with E-state index in [1.807, 2.05) is 30.3 Å². The van der Waals surface area contributed by atoms with Crippen LogP contribution >= 0.6 is 0 Å². The zero-order valence-corrected chi connectivity index (χ0v) is 9.56. The Hall–Kier alpha value is -1.91. The van der Waals surface area contributed by atoms with Gasteiger partial charge >= 0.3 is 6.18 Å². The van der Waals surface area contributed by atoms with Crippen LogP contribution in [-0.4, -0.2) is 12.8 Å². The van der Waals surface area contributed by atoms with E-state index in [9.17, 15) is 13.2 Å². The van der Waals surface area contributed by atoms with Crippen molar-refractivity contribution >= 4 is 0 Å². The summed E-state index contributed by atoms with van der Waals surface area (Å²) in [5.41, 5.74) is 1.01. The molecule has 0 fully saturated rings. The Kier molecular flexibility index (Phi) is 5.84. The largest absolute Gasteiger partial charge is 0.497 e. The molecule has 0 radical (unpaired) electrons. The number of allylic oxidation sites excluding steroid dienone is 1. The van der Waals surface area contributed by atoms with E-state index in [2.05, 4.69) is 4.74 Å². The molecule has 1 rings (SSSR count). The molecule has 0 N–H and O–H groups in total. The summed E-state index contributed by atoms with van der Waals surface area (Å²) in [5.74, 6) is 0. The van der Waals surface area contributed by atoms with Gasteiger partial charge in [0.2, 0.25) is 0 Å². The molecule has 0 aliphatic carbocycles. The summed E-state index contributed by atoms with van der Waals surface area (Å²) in [7, 11) is 0. The molecule has 98 valence electrons. The Morgan fingerprint density at radius 3 is 2.39 bits per heavy atom. The van der Waals surface area contributed by atoms with Crippen molar-refractivity contribution in [3.8, 4) is 0 Å². The first kappa shape index (κ1) is 14.2. The molecule has 5 heteroatoms. The van der Waals surface area contributed by atoms with Gasteiger partial charge in [-0.05, 0) is 11.6 Å². The van der Waals surface area contributed by atoms with Gasteiger partial charge in [0, 0.05) is 0 Å². The van der Waals surface area contributed by atoms with Gasteiger partial charge in [0.1, 0.15) is 13.2 Å². The lowest BCUT2D eigenvalue weighted by Crippen LogP contribution is -2.01. The number of ether oxygens (including phenoxy) is 2. The summed E-state index contributed by atoms with van der Waals surface area (Å²) >= 11 is 0. The Bertz CT molecular complexity index is 383. The molecule has 0 aliphatic heterocycles. The van der Waals surface area contributed by atoms with Crippen molar-refractivity contribution in [1.82, 2.24) is 0 Å². The third-order valence-corrected chi connectivity index (χ3v) is 1.83. The second kappa shape index (κ2) is 7.42. The van der Waals surface area contributed by atoms with E-state index in [-0.39, 0.29) is 12.7 Å². The summed E-state index contributed by atoms with van der Waals surface area (Å²) in [4.78, 5) is 0. The van der Waals surface area contributed by atoms with Crippen LogP contribution in [0.3, 0.4) is 0 Å². The van der Waals surface area contributed by atoms with Crippen LogP contribution in [0.1, 0.15) is 5.56 Å². The molecule has 0 spiro atoms. The van der Waals surface area contributed by atoms with E-state index in [1.165, 1.54) is 12.3 Å². The molecule has 18 heavy (non-hydrogen) atoms. The standard InChI is InChI=1S/C13H13F3O2/c14-13(15,16)7-10-17-8-4-9-18-11-12-5-2-1-3-6-12/h1-7,9-10H,8,11H2/b9-4+,10-7+. The maximum atomic E-state index is 11.7. The summed E-state index contributed by atoms with van der Waals surface area (Å²) in [6.07, 6.45) is -0.807. The van der Waals surface area contributed by atoms with Gasteiger partial charge in [0.15, 0.2) is 0 Å². The quantitative estimate of drug-likeness (QED) is 0.570.